The fourth-order valence-corrected chi connectivity index (χ4v) is 3.68. The van der Waals surface area contributed by atoms with Gasteiger partial charge in [0.2, 0.25) is 0 Å². The first-order valence-electron chi connectivity index (χ1n) is 10.9. The van der Waals surface area contributed by atoms with Crippen LogP contribution in [-0.2, 0) is 9.47 Å². The number of hydrogen-bond donors (Lipinski definition) is 0. The predicted octanol–water partition coefficient (Wildman–Crippen LogP) is 6.54. The van der Waals surface area contributed by atoms with E-state index in [1.807, 2.05) is 0 Å². The fraction of sp³-hybridized carbons (Fsp3) is 0.727. The lowest BCUT2D eigenvalue weighted by Crippen LogP contribution is -2.51. The van der Waals surface area contributed by atoms with Crippen LogP contribution in [0.3, 0.4) is 0 Å². The molecule has 1 aliphatic rings. The Hall–Kier alpha value is -1.98. The third kappa shape index (κ3) is 5.52. The fourth-order valence-electron chi connectivity index (χ4n) is 3.68. The SMILES string of the molecule is CCCC1=C(CCC)N(C(=O)OCC)N(C(=O)OCC)C(CCC)=C1CCC. The number of carbonyl (C=O) groups excluding carboxylic acids is 2. The highest BCUT2D eigenvalue weighted by Gasteiger charge is 2.40. The summed E-state index contributed by atoms with van der Waals surface area (Å²) >= 11 is 0. The van der Waals surface area contributed by atoms with Crippen LogP contribution in [0.1, 0.15) is 92.9 Å². The molecule has 1 heterocycles. The molecule has 0 aromatic rings. The zero-order valence-electron chi connectivity index (χ0n) is 18.6. The molecule has 0 bridgehead atoms. The van der Waals surface area contributed by atoms with Crippen LogP contribution < -0.4 is 0 Å². The predicted molar refractivity (Wildman–Crippen MR) is 111 cm³/mol. The number of hydrazine groups is 1. The molecule has 0 atom stereocenters. The molecule has 0 N–H and O–H groups in total. The summed E-state index contributed by atoms with van der Waals surface area (Å²) in [6.45, 7) is 12.5. The van der Waals surface area contributed by atoms with Crippen LogP contribution in [0.5, 0.6) is 0 Å². The van der Waals surface area contributed by atoms with E-state index in [0.29, 0.717) is 12.8 Å². The molecule has 6 nitrogen and oxygen atoms in total. The van der Waals surface area contributed by atoms with Gasteiger partial charge in [-0.15, -0.1) is 0 Å². The first-order chi connectivity index (χ1) is 13.5. The molecular formula is C22H38N2O4. The summed E-state index contributed by atoms with van der Waals surface area (Å²) in [7, 11) is 0. The van der Waals surface area contributed by atoms with Gasteiger partial charge < -0.3 is 9.47 Å². The summed E-state index contributed by atoms with van der Waals surface area (Å²) in [5.74, 6) is 0. The van der Waals surface area contributed by atoms with E-state index in [9.17, 15) is 9.59 Å². The van der Waals surface area contributed by atoms with Crippen LogP contribution in [-0.4, -0.2) is 35.4 Å². The maximum Gasteiger partial charge on any atom is 0.433 e. The van der Waals surface area contributed by atoms with Gasteiger partial charge in [0.1, 0.15) is 0 Å². The summed E-state index contributed by atoms with van der Waals surface area (Å²) in [6.07, 6.45) is 5.84. The zero-order valence-corrected chi connectivity index (χ0v) is 18.6. The Labute approximate surface area is 170 Å². The second kappa shape index (κ2) is 12.5. The van der Waals surface area contributed by atoms with E-state index in [0.717, 1.165) is 49.9 Å². The maximum atomic E-state index is 13.0. The molecule has 6 heteroatoms. The molecule has 0 unspecified atom stereocenters. The lowest BCUT2D eigenvalue weighted by atomic mass is 9.89. The topological polar surface area (TPSA) is 59.1 Å². The van der Waals surface area contributed by atoms with Gasteiger partial charge >= 0.3 is 12.2 Å². The van der Waals surface area contributed by atoms with Gasteiger partial charge in [0.15, 0.2) is 0 Å². The Morgan fingerprint density at radius 3 is 1.18 bits per heavy atom. The number of hydrogen-bond acceptors (Lipinski definition) is 4. The smallest absolute Gasteiger partial charge is 0.433 e. The average Bonchev–Trinajstić information content (AvgIpc) is 2.66. The van der Waals surface area contributed by atoms with Gasteiger partial charge in [-0.3, -0.25) is 0 Å². The van der Waals surface area contributed by atoms with Crippen molar-refractivity contribution in [3.63, 3.8) is 0 Å². The second-order valence-corrected chi connectivity index (χ2v) is 6.87. The molecule has 0 saturated heterocycles. The van der Waals surface area contributed by atoms with Gasteiger partial charge in [0.05, 0.1) is 24.6 Å². The summed E-state index contributed by atoms with van der Waals surface area (Å²) in [5.41, 5.74) is 4.14. The highest BCUT2D eigenvalue weighted by molar-refractivity contribution is 5.79. The molecule has 0 spiro atoms. The van der Waals surface area contributed by atoms with E-state index in [4.69, 9.17) is 9.47 Å². The van der Waals surface area contributed by atoms with Gasteiger partial charge in [-0.25, -0.2) is 9.59 Å². The Bertz CT molecular complexity index is 543. The van der Waals surface area contributed by atoms with E-state index < -0.39 is 12.2 Å². The number of amides is 2. The second-order valence-electron chi connectivity index (χ2n) is 6.87. The van der Waals surface area contributed by atoms with E-state index in [-0.39, 0.29) is 13.2 Å². The Morgan fingerprint density at radius 2 is 0.929 bits per heavy atom. The van der Waals surface area contributed by atoms with Crippen LogP contribution in [0.2, 0.25) is 0 Å². The van der Waals surface area contributed by atoms with Gasteiger partial charge in [-0.05, 0) is 50.7 Å². The van der Waals surface area contributed by atoms with Crippen LogP contribution in [0.25, 0.3) is 0 Å². The van der Waals surface area contributed by atoms with Crippen molar-refractivity contribution in [2.75, 3.05) is 13.2 Å². The largest absolute Gasteiger partial charge is 0.448 e. The van der Waals surface area contributed by atoms with E-state index in [1.54, 1.807) is 13.8 Å². The Balaban J connectivity index is 3.74. The van der Waals surface area contributed by atoms with Gasteiger partial charge in [-0.1, -0.05) is 53.4 Å². The van der Waals surface area contributed by atoms with Crippen molar-refractivity contribution >= 4 is 12.2 Å². The molecule has 28 heavy (non-hydrogen) atoms. The van der Waals surface area contributed by atoms with Gasteiger partial charge in [0, 0.05) is 0 Å². The van der Waals surface area contributed by atoms with E-state index >= 15 is 0 Å². The molecule has 0 aromatic heterocycles. The summed E-state index contributed by atoms with van der Waals surface area (Å²) in [6, 6.07) is 0. The summed E-state index contributed by atoms with van der Waals surface area (Å²) < 4.78 is 10.7. The van der Waals surface area contributed by atoms with Crippen molar-refractivity contribution in [2.45, 2.75) is 92.9 Å². The first kappa shape index (κ1) is 24.1. The Morgan fingerprint density at radius 1 is 0.607 bits per heavy atom. The molecule has 0 aromatic carbocycles. The van der Waals surface area contributed by atoms with Crippen molar-refractivity contribution in [2.24, 2.45) is 0 Å². The number of carbonyl (C=O) groups is 2. The number of rotatable bonds is 10. The molecule has 160 valence electrons. The lowest BCUT2D eigenvalue weighted by molar-refractivity contribution is 0.0100. The third-order valence-corrected chi connectivity index (χ3v) is 4.63. The van der Waals surface area contributed by atoms with E-state index in [2.05, 4.69) is 27.7 Å². The van der Waals surface area contributed by atoms with Gasteiger partial charge in [-0.2, -0.15) is 10.0 Å². The lowest BCUT2D eigenvalue weighted by Gasteiger charge is -2.42. The van der Waals surface area contributed by atoms with Crippen LogP contribution in [0, 0.1) is 0 Å². The monoisotopic (exact) mass is 394 g/mol. The molecule has 2 amide bonds. The summed E-state index contributed by atoms with van der Waals surface area (Å²) in [5, 5.41) is 2.89. The van der Waals surface area contributed by atoms with Crippen molar-refractivity contribution in [3.8, 4) is 0 Å². The molecule has 0 saturated carbocycles. The first-order valence-corrected chi connectivity index (χ1v) is 10.9. The molecule has 0 fully saturated rings. The van der Waals surface area contributed by atoms with Crippen LogP contribution in [0.4, 0.5) is 9.59 Å². The summed E-state index contributed by atoms with van der Waals surface area (Å²) in [4.78, 5) is 25.9. The number of nitrogens with zero attached hydrogens (tertiary/aromatic N) is 2. The molecule has 1 rings (SSSR count). The Kier molecular flexibility index (Phi) is 10.7. The quantitative estimate of drug-likeness (QED) is 0.422. The maximum absolute atomic E-state index is 13.0. The highest BCUT2D eigenvalue weighted by Crippen LogP contribution is 2.40. The average molecular weight is 395 g/mol. The van der Waals surface area contributed by atoms with Crippen molar-refractivity contribution in [1.29, 1.82) is 0 Å². The minimum atomic E-state index is -0.517. The standard InChI is InChI=1S/C22H38N2O4/c1-7-13-17-18(14-8-2)20(16-10-4)24(22(26)28-12-6)23(19(17)15-9-3)21(25)27-11-5/h7-16H2,1-6H3. The van der Waals surface area contributed by atoms with Crippen LogP contribution >= 0.6 is 0 Å². The molecule has 1 aliphatic heterocycles. The number of allylic oxidation sites excluding steroid dienone is 4. The minimum absolute atomic E-state index is 0.253. The number of ether oxygens (including phenoxy) is 2. The molecule has 0 radical (unpaired) electrons. The highest BCUT2D eigenvalue weighted by atomic mass is 16.6. The molecule has 0 aliphatic carbocycles. The van der Waals surface area contributed by atoms with Crippen LogP contribution in [0.15, 0.2) is 22.5 Å². The van der Waals surface area contributed by atoms with Crippen molar-refractivity contribution in [1.82, 2.24) is 10.0 Å². The normalized spacial score (nSPS) is 14.6. The third-order valence-electron chi connectivity index (χ3n) is 4.63. The van der Waals surface area contributed by atoms with Crippen molar-refractivity contribution < 1.29 is 19.1 Å². The van der Waals surface area contributed by atoms with E-state index in [1.165, 1.54) is 21.2 Å². The molecular weight excluding hydrogens is 356 g/mol. The van der Waals surface area contributed by atoms with Gasteiger partial charge in [0.25, 0.3) is 0 Å². The zero-order chi connectivity index (χ0) is 21.1. The minimum Gasteiger partial charge on any atom is -0.448 e. The van der Waals surface area contributed by atoms with Crippen molar-refractivity contribution in [3.05, 3.63) is 22.5 Å².